The standard InChI is InChI=1S/C18H46O9Si4/c1-16(29(19-4,20-5)21-6)13-28(14-17(2)30(22-7,23-8)24-9)15-18(3)31(25-10,26-11)27-12/h16-18,28H,13-15H2,1-12H3. The molecule has 0 bridgehead atoms. The molecule has 0 fully saturated rings. The molecule has 9 nitrogen and oxygen atoms in total. The highest BCUT2D eigenvalue weighted by Crippen LogP contribution is 2.39. The Morgan fingerprint density at radius 1 is 0.419 bits per heavy atom. The van der Waals surface area contributed by atoms with Crippen LogP contribution in [0.4, 0.5) is 0 Å². The molecule has 0 aliphatic carbocycles. The molecule has 31 heavy (non-hydrogen) atoms. The monoisotopic (exact) mass is 518 g/mol. The Kier molecular flexibility index (Phi) is 14.9. The van der Waals surface area contributed by atoms with Crippen LogP contribution in [0, 0.1) is 0 Å². The highest BCUT2D eigenvalue weighted by molar-refractivity contribution is 6.71. The van der Waals surface area contributed by atoms with Gasteiger partial charge in [-0.25, -0.2) is 0 Å². The van der Waals surface area contributed by atoms with Crippen molar-refractivity contribution >= 4 is 35.2 Å². The Bertz CT molecular complexity index is 386. The van der Waals surface area contributed by atoms with Crippen molar-refractivity contribution in [3.05, 3.63) is 0 Å². The van der Waals surface area contributed by atoms with Gasteiger partial charge in [0.2, 0.25) is 0 Å². The second-order valence-electron chi connectivity index (χ2n) is 7.92. The van der Waals surface area contributed by atoms with Crippen molar-refractivity contribution in [2.75, 3.05) is 64.0 Å². The van der Waals surface area contributed by atoms with Crippen molar-refractivity contribution in [3.63, 3.8) is 0 Å². The summed E-state index contributed by atoms with van der Waals surface area (Å²) in [4.78, 5) is 0. The van der Waals surface area contributed by atoms with Gasteiger partial charge in [-0.1, -0.05) is 38.9 Å². The maximum absolute atomic E-state index is 5.76. The fraction of sp³-hybridized carbons (Fsp3) is 1.00. The third kappa shape index (κ3) is 7.50. The van der Waals surface area contributed by atoms with Gasteiger partial charge in [-0.15, -0.1) is 0 Å². The van der Waals surface area contributed by atoms with Crippen molar-refractivity contribution in [1.29, 1.82) is 0 Å². The molecule has 13 heteroatoms. The van der Waals surface area contributed by atoms with E-state index in [1.54, 1.807) is 64.0 Å². The molecule has 3 atom stereocenters. The highest BCUT2D eigenvalue weighted by Gasteiger charge is 2.51. The first kappa shape index (κ1) is 31.5. The van der Waals surface area contributed by atoms with Crippen molar-refractivity contribution < 1.29 is 39.8 Å². The molecule has 0 aromatic carbocycles. The zero-order valence-corrected chi connectivity index (χ0v) is 25.8. The average Bonchev–Trinajstić information content (AvgIpc) is 2.78. The lowest BCUT2D eigenvalue weighted by Gasteiger charge is -2.37. The summed E-state index contributed by atoms with van der Waals surface area (Å²) in [6, 6.07) is 2.92. The van der Waals surface area contributed by atoms with Gasteiger partial charge in [0.1, 0.15) is 0 Å². The largest absolute Gasteiger partial charge is 0.502 e. The quantitative estimate of drug-likeness (QED) is 0.254. The maximum atomic E-state index is 5.76. The van der Waals surface area contributed by atoms with Crippen LogP contribution >= 0.6 is 0 Å². The Labute approximate surface area is 194 Å². The Morgan fingerprint density at radius 2 is 0.581 bits per heavy atom. The molecule has 0 saturated heterocycles. The van der Waals surface area contributed by atoms with Gasteiger partial charge in [-0.3, -0.25) is 0 Å². The molecule has 0 saturated carbocycles. The first-order valence-corrected chi connectivity index (χ1v) is 18.4. The molecule has 0 aromatic heterocycles. The molecule has 0 radical (unpaired) electrons. The molecule has 0 spiro atoms. The van der Waals surface area contributed by atoms with E-state index < -0.39 is 35.2 Å². The normalized spacial score (nSPS) is 17.4. The van der Waals surface area contributed by atoms with Gasteiger partial charge in [0.25, 0.3) is 0 Å². The number of rotatable bonds is 18. The van der Waals surface area contributed by atoms with Crippen molar-refractivity contribution in [2.45, 2.75) is 55.5 Å². The molecule has 0 amide bonds. The summed E-state index contributed by atoms with van der Waals surface area (Å²) in [6.45, 7) is 6.46. The Hall–Kier alpha value is 0.508. The maximum Gasteiger partial charge on any atom is 0.502 e. The van der Waals surface area contributed by atoms with E-state index in [-0.39, 0.29) is 16.6 Å². The van der Waals surface area contributed by atoms with Crippen LogP contribution in [0.3, 0.4) is 0 Å². The molecular weight excluding hydrogens is 473 g/mol. The van der Waals surface area contributed by atoms with Crippen LogP contribution < -0.4 is 0 Å². The zero-order chi connectivity index (χ0) is 24.3. The Morgan fingerprint density at radius 3 is 0.710 bits per heavy atom. The van der Waals surface area contributed by atoms with Crippen LogP contribution in [-0.4, -0.2) is 99.2 Å². The van der Waals surface area contributed by atoms with E-state index in [4.69, 9.17) is 39.8 Å². The predicted octanol–water partition coefficient (Wildman–Crippen LogP) is 3.02. The van der Waals surface area contributed by atoms with E-state index in [0.717, 1.165) is 18.1 Å². The molecule has 0 heterocycles. The topological polar surface area (TPSA) is 83.1 Å². The lowest BCUT2D eigenvalue weighted by Crippen LogP contribution is -2.51. The van der Waals surface area contributed by atoms with E-state index in [1.165, 1.54) is 0 Å². The van der Waals surface area contributed by atoms with Crippen LogP contribution in [0.2, 0.25) is 34.8 Å². The summed E-state index contributed by atoms with van der Waals surface area (Å²) in [6.07, 6.45) is 0. The molecular formula is C18H46O9Si4. The van der Waals surface area contributed by atoms with Gasteiger partial charge >= 0.3 is 26.4 Å². The van der Waals surface area contributed by atoms with Gasteiger partial charge < -0.3 is 39.8 Å². The highest BCUT2D eigenvalue weighted by atomic mass is 28.4. The van der Waals surface area contributed by atoms with Crippen LogP contribution in [0.15, 0.2) is 0 Å². The molecule has 3 unspecified atom stereocenters. The number of hydrogen-bond acceptors (Lipinski definition) is 9. The summed E-state index contributed by atoms with van der Waals surface area (Å²) in [5.74, 6) is 0. The minimum atomic E-state index is -2.76. The fourth-order valence-corrected chi connectivity index (χ4v) is 19.9. The zero-order valence-electron chi connectivity index (χ0n) is 21.6. The summed E-state index contributed by atoms with van der Waals surface area (Å²) >= 11 is 0. The van der Waals surface area contributed by atoms with Crippen LogP contribution in [0.5, 0.6) is 0 Å². The minimum Gasteiger partial charge on any atom is -0.377 e. The van der Waals surface area contributed by atoms with Crippen LogP contribution in [-0.2, 0) is 39.8 Å². The lowest BCUT2D eigenvalue weighted by molar-refractivity contribution is 0.114. The third-order valence-corrected chi connectivity index (χ3v) is 21.4. The molecule has 0 rings (SSSR count). The van der Waals surface area contributed by atoms with E-state index in [2.05, 4.69) is 20.8 Å². The van der Waals surface area contributed by atoms with Crippen molar-refractivity contribution in [2.24, 2.45) is 0 Å². The van der Waals surface area contributed by atoms with Crippen LogP contribution in [0.25, 0.3) is 0 Å². The summed E-state index contributed by atoms with van der Waals surface area (Å²) < 4.78 is 51.8. The molecule has 188 valence electrons. The molecule has 0 aromatic rings. The predicted molar refractivity (Wildman–Crippen MR) is 130 cm³/mol. The SMILES string of the molecule is CO[Si](OC)(OC)C(C)C[SiH](CC(C)[Si](OC)(OC)OC)CC(C)[Si](OC)(OC)OC. The molecule has 0 aliphatic heterocycles. The second-order valence-corrected chi connectivity index (χ2v) is 21.3. The second kappa shape index (κ2) is 14.7. The van der Waals surface area contributed by atoms with E-state index in [0.29, 0.717) is 0 Å². The first-order valence-electron chi connectivity index (χ1n) is 10.6. The number of hydrogen-bond donors (Lipinski definition) is 0. The first-order chi connectivity index (χ1) is 14.6. The summed E-state index contributed by atoms with van der Waals surface area (Å²) in [5, 5.41) is 0. The molecule has 0 N–H and O–H groups in total. The smallest absolute Gasteiger partial charge is 0.377 e. The van der Waals surface area contributed by atoms with Gasteiger partial charge in [-0.05, 0) is 0 Å². The van der Waals surface area contributed by atoms with Crippen molar-refractivity contribution in [1.82, 2.24) is 0 Å². The van der Waals surface area contributed by atoms with Gasteiger partial charge in [-0.2, -0.15) is 0 Å². The fourth-order valence-electron chi connectivity index (χ4n) is 4.78. The van der Waals surface area contributed by atoms with Gasteiger partial charge in [0.15, 0.2) is 0 Å². The van der Waals surface area contributed by atoms with Crippen LogP contribution in [0.1, 0.15) is 20.8 Å². The Balaban J connectivity index is 5.86. The van der Waals surface area contributed by atoms with Gasteiger partial charge in [0.05, 0.1) is 0 Å². The third-order valence-electron chi connectivity index (χ3n) is 6.43. The average molecular weight is 519 g/mol. The summed E-state index contributed by atoms with van der Waals surface area (Å²) in [7, 11) is 5.23. The van der Waals surface area contributed by atoms with Gasteiger partial charge in [0, 0.05) is 89.4 Å². The summed E-state index contributed by atoms with van der Waals surface area (Å²) in [5.41, 5.74) is 0.447. The molecule has 0 aliphatic rings. The van der Waals surface area contributed by atoms with E-state index in [1.807, 2.05) is 0 Å². The minimum absolute atomic E-state index is 0.149. The lowest BCUT2D eigenvalue weighted by atomic mass is 10.5. The van der Waals surface area contributed by atoms with Crippen molar-refractivity contribution in [3.8, 4) is 0 Å². The van der Waals surface area contributed by atoms with E-state index in [9.17, 15) is 0 Å². The van der Waals surface area contributed by atoms with E-state index >= 15 is 0 Å².